The Bertz CT molecular complexity index is 350. The maximum atomic E-state index is 11.5. The second-order valence-electron chi connectivity index (χ2n) is 3.06. The lowest BCUT2D eigenvalue weighted by Crippen LogP contribution is -2.39. The molecule has 0 aliphatic heterocycles. The van der Waals surface area contributed by atoms with E-state index in [2.05, 4.69) is 4.74 Å². The highest BCUT2D eigenvalue weighted by Crippen LogP contribution is 2.03. The zero-order valence-corrected chi connectivity index (χ0v) is 9.99. The van der Waals surface area contributed by atoms with E-state index in [1.807, 2.05) is 0 Å². The predicted octanol–water partition coefficient (Wildman–Crippen LogP) is -0.714. The summed E-state index contributed by atoms with van der Waals surface area (Å²) in [7, 11) is -2.82. The monoisotopic (exact) mass is 253 g/mol. The highest BCUT2D eigenvalue weighted by atomic mass is 32.2. The molecule has 0 saturated heterocycles. The minimum atomic E-state index is -3.96. The zero-order chi connectivity index (χ0) is 12.8. The van der Waals surface area contributed by atoms with E-state index in [-0.39, 0.29) is 6.54 Å². The van der Waals surface area contributed by atoms with Crippen LogP contribution in [0.5, 0.6) is 0 Å². The first-order valence-electron chi connectivity index (χ1n) is 4.60. The van der Waals surface area contributed by atoms with Gasteiger partial charge >= 0.3 is 11.9 Å². The number of methoxy groups -OCH3 is 1. The number of esters is 1. The minimum Gasteiger partial charge on any atom is -0.480 e. The van der Waals surface area contributed by atoms with E-state index in [0.29, 0.717) is 6.42 Å². The number of ether oxygens (including phenoxy) is 1. The molecule has 0 aliphatic carbocycles. The maximum Gasteiger partial charge on any atom is 0.321 e. The van der Waals surface area contributed by atoms with E-state index in [1.165, 1.54) is 0 Å². The third-order valence-electron chi connectivity index (χ3n) is 1.71. The molecule has 0 saturated carbocycles. The van der Waals surface area contributed by atoms with Gasteiger partial charge in [0.05, 0.1) is 7.11 Å². The predicted molar refractivity (Wildman–Crippen MR) is 55.3 cm³/mol. The molecule has 0 amide bonds. The van der Waals surface area contributed by atoms with Crippen LogP contribution in [0.3, 0.4) is 0 Å². The van der Waals surface area contributed by atoms with Gasteiger partial charge in [0.25, 0.3) is 0 Å². The molecule has 0 atom stereocenters. The van der Waals surface area contributed by atoms with Crippen LogP contribution in [-0.2, 0) is 24.3 Å². The van der Waals surface area contributed by atoms with E-state index in [1.54, 1.807) is 6.92 Å². The van der Waals surface area contributed by atoms with Crippen molar-refractivity contribution in [3.63, 3.8) is 0 Å². The van der Waals surface area contributed by atoms with Crippen LogP contribution >= 0.6 is 0 Å². The van der Waals surface area contributed by atoms with Gasteiger partial charge in [-0.05, 0) is 6.42 Å². The van der Waals surface area contributed by atoms with Crippen LogP contribution in [0.25, 0.3) is 0 Å². The second-order valence-corrected chi connectivity index (χ2v) is 5.03. The molecule has 0 unspecified atom stereocenters. The Kier molecular flexibility index (Phi) is 5.97. The number of carboxylic acid groups (broad SMARTS) is 1. The summed E-state index contributed by atoms with van der Waals surface area (Å²) in [6.45, 7) is 1.35. The van der Waals surface area contributed by atoms with Gasteiger partial charge in [0.2, 0.25) is 10.0 Å². The number of hydrogen-bond donors (Lipinski definition) is 1. The van der Waals surface area contributed by atoms with Gasteiger partial charge in [0.15, 0.2) is 5.75 Å². The number of nitrogens with zero attached hydrogens (tertiary/aromatic N) is 1. The van der Waals surface area contributed by atoms with E-state index >= 15 is 0 Å². The van der Waals surface area contributed by atoms with Gasteiger partial charge in [-0.1, -0.05) is 6.92 Å². The number of sulfonamides is 1. The molecule has 7 nitrogen and oxygen atoms in total. The van der Waals surface area contributed by atoms with Crippen molar-refractivity contribution >= 4 is 22.0 Å². The van der Waals surface area contributed by atoms with Crippen LogP contribution in [0.4, 0.5) is 0 Å². The first-order chi connectivity index (χ1) is 7.33. The molecular weight excluding hydrogens is 238 g/mol. The Morgan fingerprint density at radius 1 is 1.38 bits per heavy atom. The standard InChI is InChI=1S/C8H15NO6S/c1-3-4-9(5-8(12)15-2)16(13,14)6-7(10)11/h3-6H2,1-2H3,(H,10,11). The fourth-order valence-corrected chi connectivity index (χ4v) is 2.28. The highest BCUT2D eigenvalue weighted by Gasteiger charge is 2.26. The Labute approximate surface area is 94.0 Å². The van der Waals surface area contributed by atoms with Crippen molar-refractivity contribution in [2.24, 2.45) is 0 Å². The van der Waals surface area contributed by atoms with Crippen molar-refractivity contribution in [2.75, 3.05) is 26.0 Å². The molecule has 0 heterocycles. The van der Waals surface area contributed by atoms with Crippen LogP contribution in [0.2, 0.25) is 0 Å². The molecule has 0 rings (SSSR count). The summed E-state index contributed by atoms with van der Waals surface area (Å²) < 4.78 is 28.2. The van der Waals surface area contributed by atoms with Gasteiger partial charge in [0, 0.05) is 6.54 Å². The Morgan fingerprint density at radius 3 is 2.31 bits per heavy atom. The first kappa shape index (κ1) is 14.8. The van der Waals surface area contributed by atoms with Gasteiger partial charge < -0.3 is 9.84 Å². The molecule has 0 bridgehead atoms. The lowest BCUT2D eigenvalue weighted by atomic mass is 10.5. The van der Waals surface area contributed by atoms with Crippen molar-refractivity contribution in [2.45, 2.75) is 13.3 Å². The molecule has 16 heavy (non-hydrogen) atoms. The fraction of sp³-hybridized carbons (Fsp3) is 0.750. The quantitative estimate of drug-likeness (QED) is 0.601. The summed E-state index contributed by atoms with van der Waals surface area (Å²) in [5, 5.41) is 8.44. The molecule has 0 aliphatic rings. The SMILES string of the molecule is CCCN(CC(=O)OC)S(=O)(=O)CC(=O)O. The van der Waals surface area contributed by atoms with Crippen LogP contribution in [-0.4, -0.2) is 55.7 Å². The summed E-state index contributed by atoms with van der Waals surface area (Å²) in [5.74, 6) is -3.20. The highest BCUT2D eigenvalue weighted by molar-refractivity contribution is 7.89. The van der Waals surface area contributed by atoms with E-state index in [0.717, 1.165) is 11.4 Å². The van der Waals surface area contributed by atoms with Gasteiger partial charge in [0.1, 0.15) is 6.54 Å². The van der Waals surface area contributed by atoms with Gasteiger partial charge in [-0.15, -0.1) is 0 Å². The maximum absolute atomic E-state index is 11.5. The normalized spacial score (nSPS) is 11.4. The number of carboxylic acids is 1. The first-order valence-corrected chi connectivity index (χ1v) is 6.20. The molecule has 0 aromatic carbocycles. The molecule has 1 N–H and O–H groups in total. The fourth-order valence-electron chi connectivity index (χ4n) is 1.02. The van der Waals surface area contributed by atoms with Crippen molar-refractivity contribution in [3.8, 4) is 0 Å². The average molecular weight is 253 g/mol. The lowest BCUT2D eigenvalue weighted by Gasteiger charge is -2.18. The van der Waals surface area contributed by atoms with Gasteiger partial charge in [-0.25, -0.2) is 8.42 Å². The summed E-state index contributed by atoms with van der Waals surface area (Å²) in [4.78, 5) is 21.3. The number of carbonyl (C=O) groups excluding carboxylic acids is 1. The number of rotatable bonds is 7. The third-order valence-corrected chi connectivity index (χ3v) is 3.42. The Balaban J connectivity index is 4.75. The van der Waals surface area contributed by atoms with Crippen LogP contribution < -0.4 is 0 Å². The summed E-state index contributed by atoms with van der Waals surface area (Å²) >= 11 is 0. The molecule has 0 fully saturated rings. The average Bonchev–Trinajstić information content (AvgIpc) is 2.14. The van der Waals surface area contributed by atoms with Crippen molar-refractivity contribution in [1.82, 2.24) is 4.31 Å². The van der Waals surface area contributed by atoms with Crippen molar-refractivity contribution < 1.29 is 27.9 Å². The largest absolute Gasteiger partial charge is 0.480 e. The van der Waals surface area contributed by atoms with E-state index in [9.17, 15) is 18.0 Å². The Morgan fingerprint density at radius 2 is 1.94 bits per heavy atom. The molecule has 0 radical (unpaired) electrons. The van der Waals surface area contributed by atoms with Crippen LogP contribution in [0.15, 0.2) is 0 Å². The van der Waals surface area contributed by atoms with Crippen LogP contribution in [0, 0.1) is 0 Å². The third kappa shape index (κ3) is 5.08. The van der Waals surface area contributed by atoms with E-state index in [4.69, 9.17) is 5.11 Å². The second kappa shape index (κ2) is 6.44. The lowest BCUT2D eigenvalue weighted by molar-refractivity contribution is -0.141. The molecular formula is C8H15NO6S. The van der Waals surface area contributed by atoms with Crippen molar-refractivity contribution in [3.05, 3.63) is 0 Å². The Hall–Kier alpha value is -1.15. The summed E-state index contributed by atoms with van der Waals surface area (Å²) in [5.41, 5.74) is 0. The minimum absolute atomic E-state index is 0.0880. The molecule has 0 spiro atoms. The number of hydrogen-bond acceptors (Lipinski definition) is 5. The molecule has 8 heteroatoms. The summed E-state index contributed by atoms with van der Waals surface area (Å²) in [6.07, 6.45) is 0.482. The summed E-state index contributed by atoms with van der Waals surface area (Å²) in [6, 6.07) is 0. The van der Waals surface area contributed by atoms with Gasteiger partial charge in [-0.3, -0.25) is 9.59 Å². The zero-order valence-electron chi connectivity index (χ0n) is 9.17. The van der Waals surface area contributed by atoms with E-state index < -0.39 is 34.3 Å². The molecule has 0 aromatic heterocycles. The van der Waals surface area contributed by atoms with Crippen molar-refractivity contribution in [1.29, 1.82) is 0 Å². The molecule has 0 aromatic rings. The number of aliphatic carboxylic acids is 1. The smallest absolute Gasteiger partial charge is 0.321 e. The number of carbonyl (C=O) groups is 2. The van der Waals surface area contributed by atoms with Gasteiger partial charge in [-0.2, -0.15) is 4.31 Å². The topological polar surface area (TPSA) is 101 Å². The van der Waals surface area contributed by atoms with Crippen LogP contribution in [0.1, 0.15) is 13.3 Å². The molecule has 94 valence electrons.